The van der Waals surface area contributed by atoms with Crippen LogP contribution in [0.4, 0.5) is 5.95 Å². The molecular weight excluding hydrogens is 246 g/mol. The van der Waals surface area contributed by atoms with Crippen LogP contribution in [-0.4, -0.2) is 16.1 Å². The number of aryl methyl sites for hydroxylation is 1. The monoisotopic (exact) mass is 263 g/mol. The van der Waals surface area contributed by atoms with E-state index in [0.717, 1.165) is 41.7 Å². The van der Waals surface area contributed by atoms with Crippen LogP contribution >= 0.6 is 11.6 Å². The summed E-state index contributed by atoms with van der Waals surface area (Å²) in [6.07, 6.45) is 3.12. The SMILES string of the molecule is CCCNc1nc(C)cn1Cc1ccccc1Cl. The summed E-state index contributed by atoms with van der Waals surface area (Å²) in [5, 5.41) is 4.13. The second-order valence-corrected chi connectivity index (χ2v) is 4.76. The maximum Gasteiger partial charge on any atom is 0.203 e. The highest BCUT2D eigenvalue weighted by Crippen LogP contribution is 2.18. The topological polar surface area (TPSA) is 29.9 Å². The molecule has 1 N–H and O–H groups in total. The normalized spacial score (nSPS) is 10.6. The highest BCUT2D eigenvalue weighted by atomic mass is 35.5. The first-order valence-electron chi connectivity index (χ1n) is 6.21. The van der Waals surface area contributed by atoms with Crippen LogP contribution in [-0.2, 0) is 6.54 Å². The molecule has 0 saturated carbocycles. The molecule has 0 amide bonds. The Hall–Kier alpha value is -1.48. The van der Waals surface area contributed by atoms with Gasteiger partial charge in [-0.25, -0.2) is 4.98 Å². The van der Waals surface area contributed by atoms with Crippen molar-refractivity contribution in [3.05, 3.63) is 46.7 Å². The second kappa shape index (κ2) is 5.91. The smallest absolute Gasteiger partial charge is 0.203 e. The number of imidazole rings is 1. The van der Waals surface area contributed by atoms with Crippen LogP contribution in [0.25, 0.3) is 0 Å². The average molecular weight is 264 g/mol. The first kappa shape index (κ1) is 13.0. The predicted octanol–water partition coefficient (Wildman–Crippen LogP) is 3.72. The lowest BCUT2D eigenvalue weighted by Gasteiger charge is -2.10. The zero-order valence-corrected chi connectivity index (χ0v) is 11.5. The van der Waals surface area contributed by atoms with Gasteiger partial charge in [0.25, 0.3) is 0 Å². The molecule has 0 spiro atoms. The van der Waals surface area contributed by atoms with Crippen LogP contribution < -0.4 is 5.32 Å². The quantitative estimate of drug-likeness (QED) is 0.891. The van der Waals surface area contributed by atoms with Crippen LogP contribution in [0, 0.1) is 6.92 Å². The molecule has 0 aliphatic carbocycles. The van der Waals surface area contributed by atoms with Gasteiger partial charge in [0.05, 0.1) is 12.2 Å². The number of anilines is 1. The molecule has 1 aromatic carbocycles. The number of rotatable bonds is 5. The van der Waals surface area contributed by atoms with Gasteiger partial charge in [-0.05, 0) is 25.0 Å². The van der Waals surface area contributed by atoms with Gasteiger partial charge in [-0.1, -0.05) is 36.7 Å². The lowest BCUT2D eigenvalue weighted by atomic mass is 10.2. The maximum atomic E-state index is 6.18. The summed E-state index contributed by atoms with van der Waals surface area (Å²) >= 11 is 6.18. The molecular formula is C14H18ClN3. The Balaban J connectivity index is 2.20. The largest absolute Gasteiger partial charge is 0.356 e. The number of aromatic nitrogens is 2. The van der Waals surface area contributed by atoms with E-state index in [2.05, 4.69) is 21.8 Å². The fourth-order valence-corrected chi connectivity index (χ4v) is 2.05. The minimum atomic E-state index is 0.743. The van der Waals surface area contributed by atoms with E-state index < -0.39 is 0 Å². The Labute approximate surface area is 113 Å². The number of hydrogen-bond acceptors (Lipinski definition) is 2. The number of hydrogen-bond donors (Lipinski definition) is 1. The molecule has 1 aromatic heterocycles. The number of nitrogens with one attached hydrogen (secondary N) is 1. The van der Waals surface area contributed by atoms with Crippen molar-refractivity contribution < 1.29 is 0 Å². The van der Waals surface area contributed by atoms with Crippen molar-refractivity contribution in [1.82, 2.24) is 9.55 Å². The van der Waals surface area contributed by atoms with Crippen molar-refractivity contribution in [2.75, 3.05) is 11.9 Å². The molecule has 0 aliphatic heterocycles. The zero-order valence-electron chi connectivity index (χ0n) is 10.8. The summed E-state index contributed by atoms with van der Waals surface area (Å²) < 4.78 is 2.10. The van der Waals surface area contributed by atoms with Crippen LogP contribution in [0.3, 0.4) is 0 Å². The van der Waals surface area contributed by atoms with Crippen LogP contribution in [0.5, 0.6) is 0 Å². The summed E-state index contributed by atoms with van der Waals surface area (Å²) in [6, 6.07) is 7.91. The third kappa shape index (κ3) is 3.05. The molecule has 2 rings (SSSR count). The van der Waals surface area contributed by atoms with Gasteiger partial charge in [0.2, 0.25) is 5.95 Å². The molecule has 0 bridgehead atoms. The molecule has 96 valence electrons. The summed E-state index contributed by atoms with van der Waals surface area (Å²) in [4.78, 5) is 4.48. The van der Waals surface area contributed by atoms with E-state index >= 15 is 0 Å². The Morgan fingerprint density at radius 3 is 2.83 bits per heavy atom. The van der Waals surface area contributed by atoms with E-state index in [1.165, 1.54) is 0 Å². The molecule has 0 aliphatic rings. The third-order valence-electron chi connectivity index (χ3n) is 2.73. The van der Waals surface area contributed by atoms with E-state index in [4.69, 9.17) is 11.6 Å². The zero-order chi connectivity index (χ0) is 13.0. The second-order valence-electron chi connectivity index (χ2n) is 4.35. The highest BCUT2D eigenvalue weighted by molar-refractivity contribution is 6.31. The van der Waals surface area contributed by atoms with Gasteiger partial charge in [-0.15, -0.1) is 0 Å². The fourth-order valence-electron chi connectivity index (χ4n) is 1.86. The van der Waals surface area contributed by atoms with Gasteiger partial charge in [0.15, 0.2) is 0 Å². The Morgan fingerprint density at radius 1 is 1.33 bits per heavy atom. The lowest BCUT2D eigenvalue weighted by molar-refractivity contribution is 0.792. The van der Waals surface area contributed by atoms with E-state index in [1.807, 2.05) is 37.4 Å². The third-order valence-corrected chi connectivity index (χ3v) is 3.10. The Bertz CT molecular complexity index is 520. The molecule has 18 heavy (non-hydrogen) atoms. The van der Waals surface area contributed by atoms with Crippen molar-refractivity contribution in [2.45, 2.75) is 26.8 Å². The van der Waals surface area contributed by atoms with Crippen molar-refractivity contribution in [3.63, 3.8) is 0 Å². The van der Waals surface area contributed by atoms with Gasteiger partial charge in [0, 0.05) is 17.8 Å². The van der Waals surface area contributed by atoms with E-state index in [-0.39, 0.29) is 0 Å². The van der Waals surface area contributed by atoms with E-state index in [1.54, 1.807) is 0 Å². The fraction of sp³-hybridized carbons (Fsp3) is 0.357. The Morgan fingerprint density at radius 2 is 2.11 bits per heavy atom. The van der Waals surface area contributed by atoms with Crippen LogP contribution in [0.2, 0.25) is 5.02 Å². The standard InChI is InChI=1S/C14H18ClN3/c1-3-8-16-14-17-11(2)9-18(14)10-12-6-4-5-7-13(12)15/h4-7,9H,3,8,10H2,1-2H3,(H,16,17). The molecule has 3 nitrogen and oxygen atoms in total. The highest BCUT2D eigenvalue weighted by Gasteiger charge is 2.07. The molecule has 2 aromatic rings. The summed E-state index contributed by atoms with van der Waals surface area (Å²) in [6.45, 7) is 5.81. The first-order valence-corrected chi connectivity index (χ1v) is 6.59. The van der Waals surface area contributed by atoms with E-state index in [9.17, 15) is 0 Å². The van der Waals surface area contributed by atoms with Gasteiger partial charge in [0.1, 0.15) is 0 Å². The summed E-state index contributed by atoms with van der Waals surface area (Å²) in [7, 11) is 0. The molecule has 4 heteroatoms. The molecule has 0 unspecified atom stereocenters. The lowest BCUT2D eigenvalue weighted by Crippen LogP contribution is -2.08. The minimum Gasteiger partial charge on any atom is -0.356 e. The number of benzene rings is 1. The van der Waals surface area contributed by atoms with E-state index in [0.29, 0.717) is 0 Å². The van der Waals surface area contributed by atoms with Crippen molar-refractivity contribution >= 4 is 17.5 Å². The van der Waals surface area contributed by atoms with Gasteiger partial charge in [-0.3, -0.25) is 0 Å². The summed E-state index contributed by atoms with van der Waals surface area (Å²) in [5.41, 5.74) is 2.12. The van der Waals surface area contributed by atoms with Gasteiger partial charge < -0.3 is 9.88 Å². The van der Waals surface area contributed by atoms with Gasteiger partial charge >= 0.3 is 0 Å². The maximum absolute atomic E-state index is 6.18. The van der Waals surface area contributed by atoms with Crippen molar-refractivity contribution in [2.24, 2.45) is 0 Å². The molecule has 0 radical (unpaired) electrons. The van der Waals surface area contributed by atoms with Crippen molar-refractivity contribution in [1.29, 1.82) is 0 Å². The van der Waals surface area contributed by atoms with Crippen molar-refractivity contribution in [3.8, 4) is 0 Å². The average Bonchev–Trinajstić information content (AvgIpc) is 2.70. The number of nitrogens with zero attached hydrogens (tertiary/aromatic N) is 2. The summed E-state index contributed by atoms with van der Waals surface area (Å²) in [5.74, 6) is 0.911. The van der Waals surface area contributed by atoms with Gasteiger partial charge in [-0.2, -0.15) is 0 Å². The molecule has 0 fully saturated rings. The molecule has 0 atom stereocenters. The number of halogens is 1. The molecule has 0 saturated heterocycles. The minimum absolute atomic E-state index is 0.743. The Kier molecular flexibility index (Phi) is 4.26. The van der Waals surface area contributed by atoms with Crippen LogP contribution in [0.15, 0.2) is 30.5 Å². The van der Waals surface area contributed by atoms with Crippen LogP contribution in [0.1, 0.15) is 24.6 Å². The predicted molar refractivity (Wildman–Crippen MR) is 76.3 cm³/mol. The molecule has 1 heterocycles. The first-order chi connectivity index (χ1) is 8.70.